The summed E-state index contributed by atoms with van der Waals surface area (Å²) in [6.45, 7) is 0. The summed E-state index contributed by atoms with van der Waals surface area (Å²) in [7, 11) is 0. The smallest absolute Gasteiger partial charge is 0.238 e. The highest BCUT2D eigenvalue weighted by Gasteiger charge is 2.27. The Morgan fingerprint density at radius 1 is 0.230 bits per heavy atom. The van der Waals surface area contributed by atoms with Crippen molar-refractivity contribution in [2.45, 2.75) is 0 Å². The Balaban J connectivity index is 0.628. The maximum atomic E-state index is 6.81. The molecule has 0 atom stereocenters. The number of thiophene rings is 2. The normalized spacial score (nSPS) is 11.9. The molecule has 0 N–H and O–H groups in total. The van der Waals surface area contributed by atoms with Gasteiger partial charge in [-0.05, 0) is 82.9 Å². The maximum Gasteiger partial charge on any atom is 0.238 e. The van der Waals surface area contributed by atoms with Crippen LogP contribution in [-0.4, -0.2) is 54.4 Å². The van der Waals surface area contributed by atoms with Crippen molar-refractivity contribution in [1.82, 2.24) is 54.4 Å². The first-order valence-corrected chi connectivity index (χ1v) is 38.9. The van der Waals surface area contributed by atoms with Crippen LogP contribution in [0.2, 0.25) is 0 Å². The summed E-state index contributed by atoms with van der Waals surface area (Å²) in [4.78, 5) is 53.2. The summed E-state index contributed by atoms with van der Waals surface area (Å²) in [6, 6.07) is 115. The molecule has 0 fully saturated rings. The Hall–Kier alpha value is -14.9. The van der Waals surface area contributed by atoms with Crippen molar-refractivity contribution in [3.8, 4) is 130 Å². The van der Waals surface area contributed by atoms with E-state index in [-0.39, 0.29) is 0 Å². The first-order chi connectivity index (χ1) is 56.0. The van der Waals surface area contributed by atoms with Crippen LogP contribution in [0.5, 0.6) is 0 Å². The van der Waals surface area contributed by atoms with Crippen LogP contribution in [0, 0.1) is 0 Å². The molecule has 0 aliphatic heterocycles. The average molecular weight is 1480 g/mol. The van der Waals surface area contributed by atoms with Gasteiger partial charge in [0, 0.05) is 112 Å². The highest BCUT2D eigenvalue weighted by Crippen LogP contribution is 2.49. The van der Waals surface area contributed by atoms with Crippen LogP contribution in [0.15, 0.2) is 342 Å². The van der Waals surface area contributed by atoms with E-state index in [0.717, 1.165) is 168 Å². The van der Waals surface area contributed by atoms with E-state index < -0.39 is 0 Å². The molecule has 23 aromatic rings. The molecule has 13 nitrogen and oxygen atoms in total. The predicted octanol–water partition coefficient (Wildman–Crippen LogP) is 25.6. The van der Waals surface area contributed by atoms with Gasteiger partial charge in [0.2, 0.25) is 5.95 Å². The van der Waals surface area contributed by atoms with Crippen LogP contribution >= 0.6 is 22.7 Å². The number of hydrogen-bond acceptors (Lipinski definition) is 14. The Morgan fingerprint density at radius 2 is 0.611 bits per heavy atom. The topological polar surface area (TPSA) is 160 Å². The molecule has 0 bridgehead atoms. The highest BCUT2D eigenvalue weighted by molar-refractivity contribution is 7.27. The molecule has 0 radical (unpaired) electrons. The molecule has 15 heteroatoms. The fourth-order valence-corrected chi connectivity index (χ4v) is 18.7. The molecule has 0 amide bonds. The van der Waals surface area contributed by atoms with Gasteiger partial charge in [-0.3, -0.25) is 4.57 Å². The second-order valence-corrected chi connectivity index (χ2v) is 30.1. The van der Waals surface area contributed by atoms with Gasteiger partial charge in [0.25, 0.3) is 0 Å². The van der Waals surface area contributed by atoms with E-state index in [1.807, 2.05) is 133 Å². The molecule has 0 unspecified atom stereocenters. The minimum Gasteiger partial charge on any atom is -0.452 e. The lowest BCUT2D eigenvalue weighted by molar-refractivity contribution is 0.667. The van der Waals surface area contributed by atoms with Crippen LogP contribution in [-0.2, 0) is 0 Å². The van der Waals surface area contributed by atoms with E-state index in [0.29, 0.717) is 63.6 Å². The van der Waals surface area contributed by atoms with Crippen LogP contribution in [0.25, 0.3) is 237 Å². The zero-order valence-electron chi connectivity index (χ0n) is 59.8. The van der Waals surface area contributed by atoms with Gasteiger partial charge in [-0.2, -0.15) is 9.97 Å². The van der Waals surface area contributed by atoms with Gasteiger partial charge < -0.3 is 8.83 Å². The Labute approximate surface area is 651 Å². The van der Waals surface area contributed by atoms with Crippen molar-refractivity contribution >= 4 is 129 Å². The summed E-state index contributed by atoms with van der Waals surface area (Å²) in [5.41, 5.74) is 19.9. The minimum atomic E-state index is 0.485. The summed E-state index contributed by atoms with van der Waals surface area (Å²) < 4.78 is 20.0. The lowest BCUT2D eigenvalue weighted by atomic mass is 9.97. The Kier molecular flexibility index (Phi) is 14.7. The second-order valence-electron chi connectivity index (χ2n) is 28.0. The monoisotopic (exact) mass is 1480 g/mol. The fraction of sp³-hybridized carbons (Fsp3) is 0. The third-order valence-electron chi connectivity index (χ3n) is 21.4. The molecule has 0 saturated carbocycles. The van der Waals surface area contributed by atoms with Crippen molar-refractivity contribution in [1.29, 1.82) is 0 Å². The SMILES string of the molecule is c1ccc(-c2nc(-c3ccccc3)nc(-c3cccc4sc5c(-c6ccc(-c7nc(-c8cccc(-c9cccc%10c9c9ccccc9n%10-c9nc(-c%10ccccc%10)nc(-c%10cccc%11sc%12c(-c%13nc(-c%14ccccc%14)c%14oc%15ccccc%15c%14n%13)cccc%12c%10%11)n9)c8)c8oc9ccccc9c8n7)cc6)cccc5c34)n2)cc1. The van der Waals surface area contributed by atoms with Gasteiger partial charge in [0.1, 0.15) is 33.6 Å². The van der Waals surface area contributed by atoms with Crippen molar-refractivity contribution in [2.24, 2.45) is 0 Å². The van der Waals surface area contributed by atoms with Crippen LogP contribution < -0.4 is 0 Å². The standard InChI is InChI=1S/C98H55N11O2S2/c1-5-25-57(26-6-1)83-87-86(68-37-15-18-48-77(68)110-87)102-97(100-83)73-44-21-41-70-82-72(43-24-50-79(82)113-90(70)73)96-106-94(60-31-11-4-12-32-60)107-98(108-96)109-74-45-16-13-35-66(74)80-64(38-22-46-75(80)109)62-33-19-34-63(55-62)84-88-85(67-36-14-17-47-76(67)111-88)101-91(99-84)61-53-51-56(52-54-61)65-39-20-40-69-81-71(42-23-49-78(81)112-89(65)69)95-104-92(58-27-7-2-8-28-58)103-93(105-95)59-29-9-3-10-30-59/h1-55H. The number of aromatic nitrogens is 11. The largest absolute Gasteiger partial charge is 0.452 e. The number of rotatable bonds is 12. The van der Waals surface area contributed by atoms with Gasteiger partial charge in [-0.25, -0.2) is 39.9 Å². The van der Waals surface area contributed by atoms with Gasteiger partial charge in [-0.1, -0.05) is 273 Å². The fourth-order valence-electron chi connectivity index (χ4n) is 16.2. The number of hydrogen-bond donors (Lipinski definition) is 0. The number of para-hydroxylation sites is 3. The third kappa shape index (κ3) is 10.6. The van der Waals surface area contributed by atoms with E-state index in [1.54, 1.807) is 22.7 Å². The van der Waals surface area contributed by atoms with E-state index in [2.05, 4.69) is 205 Å². The second kappa shape index (κ2) is 25.9. The van der Waals surface area contributed by atoms with Crippen molar-refractivity contribution in [2.75, 3.05) is 0 Å². The summed E-state index contributed by atoms with van der Waals surface area (Å²) in [5.74, 6) is 4.64. The van der Waals surface area contributed by atoms with Gasteiger partial charge in [0.15, 0.2) is 51.9 Å². The number of benzene rings is 14. The summed E-state index contributed by atoms with van der Waals surface area (Å²) in [5, 5.41) is 8.24. The van der Waals surface area contributed by atoms with Crippen molar-refractivity contribution < 1.29 is 8.83 Å². The minimum absolute atomic E-state index is 0.485. The quantitative estimate of drug-likeness (QED) is 0.114. The molecule has 0 aliphatic rings. The van der Waals surface area contributed by atoms with Gasteiger partial charge in [0.05, 0.1) is 11.0 Å². The molecule has 0 aliphatic carbocycles. The van der Waals surface area contributed by atoms with E-state index in [4.69, 9.17) is 58.7 Å². The van der Waals surface area contributed by atoms with Crippen molar-refractivity contribution in [3.63, 3.8) is 0 Å². The highest BCUT2D eigenvalue weighted by atomic mass is 32.1. The van der Waals surface area contributed by atoms with Gasteiger partial charge in [-0.15, -0.1) is 22.7 Å². The van der Waals surface area contributed by atoms with Crippen LogP contribution in [0.3, 0.4) is 0 Å². The molecule has 0 saturated heterocycles. The molecule has 0 spiro atoms. The molecule has 9 aromatic heterocycles. The van der Waals surface area contributed by atoms with E-state index in [1.165, 1.54) is 4.70 Å². The molecule has 113 heavy (non-hydrogen) atoms. The predicted molar refractivity (Wildman–Crippen MR) is 459 cm³/mol. The molecule has 14 aromatic carbocycles. The number of fused-ring (bicyclic) bond motifs is 15. The molecular weight excluding hydrogens is 1430 g/mol. The number of nitrogens with zero attached hydrogens (tertiary/aromatic N) is 11. The van der Waals surface area contributed by atoms with E-state index >= 15 is 0 Å². The molecular formula is C98H55N11O2S2. The zero-order valence-corrected chi connectivity index (χ0v) is 61.4. The average Bonchev–Trinajstić information content (AvgIpc) is 1.59. The Morgan fingerprint density at radius 3 is 1.23 bits per heavy atom. The van der Waals surface area contributed by atoms with Crippen LogP contribution in [0.4, 0.5) is 0 Å². The summed E-state index contributed by atoms with van der Waals surface area (Å²) in [6.07, 6.45) is 0. The summed E-state index contributed by atoms with van der Waals surface area (Å²) >= 11 is 3.49. The first-order valence-electron chi connectivity index (χ1n) is 37.3. The molecule has 9 heterocycles. The van der Waals surface area contributed by atoms with Gasteiger partial charge >= 0.3 is 0 Å². The lowest BCUT2D eigenvalue weighted by Crippen LogP contribution is -2.06. The Bertz CT molecular complexity index is 7760. The number of furan rings is 2. The zero-order chi connectivity index (χ0) is 74.2. The van der Waals surface area contributed by atoms with Crippen LogP contribution in [0.1, 0.15) is 0 Å². The molecule has 526 valence electrons. The lowest BCUT2D eigenvalue weighted by Gasteiger charge is -2.12. The van der Waals surface area contributed by atoms with E-state index in [9.17, 15) is 0 Å². The molecule has 23 rings (SSSR count). The first kappa shape index (κ1) is 64.1. The maximum absolute atomic E-state index is 6.81. The van der Waals surface area contributed by atoms with Crippen molar-refractivity contribution in [3.05, 3.63) is 334 Å². The third-order valence-corrected chi connectivity index (χ3v) is 23.8.